The number of unbranched alkanes of at least 4 members (excludes halogenated alkanes) is 8. The molecule has 39 heavy (non-hydrogen) atoms. The fraction of sp³-hybridized carbons (Fsp3) is 0.483. The molecule has 0 radical (unpaired) electrons. The quantitative estimate of drug-likeness (QED) is 0.134. The van der Waals surface area contributed by atoms with Crippen molar-refractivity contribution >= 4 is 17.7 Å². The number of halogens is 1. The highest BCUT2D eigenvalue weighted by Gasteiger charge is 2.12. The largest absolute Gasteiger partial charge is 0.480 e. The highest BCUT2D eigenvalue weighted by Crippen LogP contribution is 2.22. The Morgan fingerprint density at radius 1 is 0.923 bits per heavy atom. The first-order valence-electron chi connectivity index (χ1n) is 13.6. The monoisotopic (exact) mass is 556 g/mol. The summed E-state index contributed by atoms with van der Waals surface area (Å²) < 4.78 is 16.3. The van der Waals surface area contributed by atoms with Crippen molar-refractivity contribution in [2.75, 3.05) is 0 Å². The predicted molar refractivity (Wildman–Crippen MR) is 151 cm³/mol. The van der Waals surface area contributed by atoms with Crippen molar-refractivity contribution in [3.8, 4) is 0 Å². The number of hydrogen-bond donors (Lipinski definition) is 1. The molecule has 2 heterocycles. The number of aromatic nitrogens is 4. The predicted octanol–water partition coefficient (Wildman–Crippen LogP) is 5.44. The molecule has 0 spiro atoms. The van der Waals surface area contributed by atoms with Gasteiger partial charge in [-0.2, -0.15) is 4.98 Å². The number of benzene rings is 1. The van der Waals surface area contributed by atoms with Crippen molar-refractivity contribution < 1.29 is 14.3 Å². The molecule has 0 atom stereocenters. The average molecular weight is 557 g/mol. The van der Waals surface area contributed by atoms with E-state index in [9.17, 15) is 18.8 Å². The number of carboxylic acids is 1. The van der Waals surface area contributed by atoms with Crippen LogP contribution in [0.3, 0.4) is 0 Å². The van der Waals surface area contributed by atoms with Gasteiger partial charge in [-0.3, -0.25) is 14.2 Å². The maximum Gasteiger partial charge on any atom is 0.348 e. The Kier molecular flexibility index (Phi) is 12.4. The third-order valence-corrected chi connectivity index (χ3v) is 7.48. The average Bonchev–Trinajstić information content (AvgIpc) is 2.91. The number of rotatable bonds is 17. The van der Waals surface area contributed by atoms with Crippen molar-refractivity contribution in [2.45, 2.75) is 95.1 Å². The van der Waals surface area contributed by atoms with Gasteiger partial charge in [0, 0.05) is 42.9 Å². The lowest BCUT2D eigenvalue weighted by atomic mass is 10.1. The van der Waals surface area contributed by atoms with E-state index in [1.165, 1.54) is 81.2 Å². The van der Waals surface area contributed by atoms with Crippen LogP contribution in [-0.4, -0.2) is 30.2 Å². The van der Waals surface area contributed by atoms with E-state index in [0.717, 1.165) is 23.0 Å². The second-order valence-electron chi connectivity index (χ2n) is 9.73. The molecule has 8 nitrogen and oxygen atoms in total. The van der Waals surface area contributed by atoms with Gasteiger partial charge in [0.1, 0.15) is 12.4 Å². The number of carbonyl (C=O) groups is 1. The zero-order chi connectivity index (χ0) is 28.0. The SMILES string of the molecule is CCCCCCCCCCCn1cc(Cc2cnc(=O)n(CC(=O)O)c2)c(=O)nc1SCc1ccc(F)cc1. The molecule has 3 aromatic rings. The van der Waals surface area contributed by atoms with Gasteiger partial charge in [-0.15, -0.1) is 0 Å². The molecule has 0 saturated carbocycles. The van der Waals surface area contributed by atoms with Gasteiger partial charge in [-0.1, -0.05) is 82.2 Å². The van der Waals surface area contributed by atoms with E-state index < -0.39 is 18.2 Å². The van der Waals surface area contributed by atoms with Gasteiger partial charge in [0.15, 0.2) is 5.16 Å². The molecule has 0 aliphatic carbocycles. The summed E-state index contributed by atoms with van der Waals surface area (Å²) >= 11 is 1.43. The smallest absolute Gasteiger partial charge is 0.348 e. The van der Waals surface area contributed by atoms with Gasteiger partial charge in [-0.05, 0) is 29.7 Å². The molecule has 0 saturated heterocycles. The molecular weight excluding hydrogens is 519 g/mol. The summed E-state index contributed by atoms with van der Waals surface area (Å²) in [6.07, 6.45) is 15.6. The third-order valence-electron chi connectivity index (χ3n) is 6.42. The number of aryl methyl sites for hydroxylation is 1. The highest BCUT2D eigenvalue weighted by atomic mass is 32.2. The fourth-order valence-electron chi connectivity index (χ4n) is 4.31. The van der Waals surface area contributed by atoms with Crippen LogP contribution < -0.4 is 11.2 Å². The summed E-state index contributed by atoms with van der Waals surface area (Å²) in [7, 11) is 0. The molecule has 1 N–H and O–H groups in total. The summed E-state index contributed by atoms with van der Waals surface area (Å²) in [4.78, 5) is 44.0. The van der Waals surface area contributed by atoms with E-state index in [2.05, 4.69) is 16.9 Å². The summed E-state index contributed by atoms with van der Waals surface area (Å²) in [6, 6.07) is 6.27. The second-order valence-corrected chi connectivity index (χ2v) is 10.7. The Hall–Kier alpha value is -3.27. The minimum absolute atomic E-state index is 0.180. The second kappa shape index (κ2) is 16.0. The van der Waals surface area contributed by atoms with Gasteiger partial charge in [0.05, 0.1) is 0 Å². The molecule has 1 aromatic carbocycles. The van der Waals surface area contributed by atoms with Crippen LogP contribution >= 0.6 is 11.8 Å². The molecule has 0 amide bonds. The van der Waals surface area contributed by atoms with E-state index in [1.54, 1.807) is 18.3 Å². The Morgan fingerprint density at radius 3 is 2.26 bits per heavy atom. The molecule has 0 fully saturated rings. The number of nitrogens with zero attached hydrogens (tertiary/aromatic N) is 4. The zero-order valence-electron chi connectivity index (χ0n) is 22.5. The van der Waals surface area contributed by atoms with Crippen LogP contribution in [0.15, 0.2) is 57.6 Å². The maximum atomic E-state index is 13.3. The minimum Gasteiger partial charge on any atom is -0.480 e. The molecule has 0 aliphatic rings. The van der Waals surface area contributed by atoms with Crippen LogP contribution in [0.4, 0.5) is 4.39 Å². The topological polar surface area (TPSA) is 107 Å². The van der Waals surface area contributed by atoms with E-state index in [-0.39, 0.29) is 17.8 Å². The van der Waals surface area contributed by atoms with E-state index in [4.69, 9.17) is 5.11 Å². The lowest BCUT2D eigenvalue weighted by Gasteiger charge is -2.14. The third kappa shape index (κ3) is 10.4. The number of aliphatic carboxylic acids is 1. The zero-order valence-corrected chi connectivity index (χ0v) is 23.3. The number of carboxylic acid groups (broad SMARTS) is 1. The molecule has 0 unspecified atom stereocenters. The molecule has 2 aromatic heterocycles. The molecule has 0 aliphatic heterocycles. The van der Waals surface area contributed by atoms with Crippen LogP contribution in [0.25, 0.3) is 0 Å². The summed E-state index contributed by atoms with van der Waals surface area (Å²) in [5.41, 5.74) is 0.891. The molecule has 3 rings (SSSR count). The Bertz CT molecular complexity index is 1320. The molecule has 10 heteroatoms. The molecular formula is C29H37FN4O4S. The van der Waals surface area contributed by atoms with E-state index in [0.29, 0.717) is 28.6 Å². The summed E-state index contributed by atoms with van der Waals surface area (Å²) in [6.45, 7) is 2.43. The Morgan fingerprint density at radius 2 is 1.59 bits per heavy atom. The van der Waals surface area contributed by atoms with Crippen molar-refractivity contribution in [1.82, 2.24) is 19.1 Å². The number of thioether (sulfide) groups is 1. The minimum atomic E-state index is -1.15. The van der Waals surface area contributed by atoms with E-state index in [1.807, 2.05) is 4.57 Å². The number of hydrogen-bond acceptors (Lipinski definition) is 6. The first-order valence-corrected chi connectivity index (χ1v) is 14.6. The Labute approximate surface area is 232 Å². The summed E-state index contributed by atoms with van der Waals surface area (Å²) in [5.74, 6) is -0.894. The van der Waals surface area contributed by atoms with Gasteiger partial charge in [-0.25, -0.2) is 14.2 Å². The standard InChI is InChI=1S/C29H37FN4O4S/c1-2-3-4-5-6-7-8-9-10-15-33-19-24(16-23-17-31-28(38)34(18-23)20-26(35)36)27(37)32-29(33)39-21-22-11-13-25(30)14-12-22/h11-14,17-19H,2-10,15-16,20-21H2,1H3,(H,35,36). The molecule has 0 bridgehead atoms. The lowest BCUT2D eigenvalue weighted by Crippen LogP contribution is -2.26. The van der Waals surface area contributed by atoms with Gasteiger partial charge in [0.25, 0.3) is 5.56 Å². The van der Waals surface area contributed by atoms with Gasteiger partial charge < -0.3 is 9.67 Å². The van der Waals surface area contributed by atoms with Crippen LogP contribution in [0, 0.1) is 5.82 Å². The Balaban J connectivity index is 1.71. The lowest BCUT2D eigenvalue weighted by molar-refractivity contribution is -0.137. The van der Waals surface area contributed by atoms with Gasteiger partial charge >= 0.3 is 11.7 Å². The van der Waals surface area contributed by atoms with Crippen molar-refractivity contribution in [2.24, 2.45) is 0 Å². The molecule has 210 valence electrons. The van der Waals surface area contributed by atoms with Crippen molar-refractivity contribution in [3.63, 3.8) is 0 Å². The van der Waals surface area contributed by atoms with Crippen LogP contribution in [-0.2, 0) is 30.1 Å². The van der Waals surface area contributed by atoms with E-state index >= 15 is 0 Å². The maximum absolute atomic E-state index is 13.3. The van der Waals surface area contributed by atoms with Crippen LogP contribution in [0.1, 0.15) is 81.4 Å². The normalized spacial score (nSPS) is 11.1. The van der Waals surface area contributed by atoms with Crippen molar-refractivity contribution in [3.05, 3.63) is 86.2 Å². The first-order chi connectivity index (χ1) is 18.9. The van der Waals surface area contributed by atoms with Crippen LogP contribution in [0.5, 0.6) is 0 Å². The van der Waals surface area contributed by atoms with Crippen molar-refractivity contribution in [1.29, 1.82) is 0 Å². The van der Waals surface area contributed by atoms with Gasteiger partial charge in [0.2, 0.25) is 0 Å². The summed E-state index contributed by atoms with van der Waals surface area (Å²) in [5, 5.41) is 9.64. The first kappa shape index (κ1) is 30.3. The fourth-order valence-corrected chi connectivity index (χ4v) is 5.26. The highest BCUT2D eigenvalue weighted by molar-refractivity contribution is 7.98. The van der Waals surface area contributed by atoms with Crippen LogP contribution in [0.2, 0.25) is 0 Å².